The van der Waals surface area contributed by atoms with Crippen LogP contribution in [-0.2, 0) is 13.0 Å². The van der Waals surface area contributed by atoms with Gasteiger partial charge < -0.3 is 9.80 Å². The second-order valence-electron chi connectivity index (χ2n) is 5.92. The number of hydrogen-bond acceptors (Lipinski definition) is 1. The Bertz CT molecular complexity index is 540. The summed E-state index contributed by atoms with van der Waals surface area (Å²) < 4.78 is 0. The Kier molecular flexibility index (Phi) is 4.56. The third kappa shape index (κ3) is 3.64. The van der Waals surface area contributed by atoms with Crippen LogP contribution in [0.15, 0.2) is 54.6 Å². The van der Waals surface area contributed by atoms with Crippen LogP contribution in [0, 0.1) is 0 Å². The van der Waals surface area contributed by atoms with E-state index in [1.54, 1.807) is 4.90 Å². The first-order chi connectivity index (χ1) is 10.3. The van der Waals surface area contributed by atoms with Gasteiger partial charge in [-0.1, -0.05) is 49.4 Å². The third-order valence-electron chi connectivity index (χ3n) is 4.48. The van der Waals surface area contributed by atoms with E-state index < -0.39 is 0 Å². The van der Waals surface area contributed by atoms with Gasteiger partial charge in [-0.05, 0) is 24.1 Å². The Morgan fingerprint density at radius 3 is 2.10 bits per heavy atom. The van der Waals surface area contributed by atoms with Gasteiger partial charge >= 0.3 is 0 Å². The van der Waals surface area contributed by atoms with Gasteiger partial charge in [0.2, 0.25) is 0 Å². The Morgan fingerprint density at radius 2 is 1.48 bits per heavy atom. The Hall–Kier alpha value is -1.80. The highest BCUT2D eigenvalue weighted by atomic mass is 15.3. The first-order valence-electron chi connectivity index (χ1n) is 8.06. The molecule has 3 rings (SSSR count). The van der Waals surface area contributed by atoms with Crippen LogP contribution in [0.5, 0.6) is 0 Å². The second-order valence-corrected chi connectivity index (χ2v) is 5.92. The van der Waals surface area contributed by atoms with Crippen LogP contribution in [0.1, 0.15) is 18.1 Å². The van der Waals surface area contributed by atoms with Gasteiger partial charge in [0.15, 0.2) is 0 Å². The summed E-state index contributed by atoms with van der Waals surface area (Å²) in [6.45, 7) is 8.14. The first-order valence-corrected chi connectivity index (χ1v) is 8.06. The molecule has 0 aromatic heterocycles. The van der Waals surface area contributed by atoms with Crippen molar-refractivity contribution in [1.29, 1.82) is 0 Å². The summed E-state index contributed by atoms with van der Waals surface area (Å²) in [6, 6.07) is 19.9. The van der Waals surface area contributed by atoms with Gasteiger partial charge in [0.05, 0.1) is 26.2 Å². The monoisotopic (exact) mass is 281 g/mol. The van der Waals surface area contributed by atoms with E-state index >= 15 is 0 Å². The summed E-state index contributed by atoms with van der Waals surface area (Å²) in [5.41, 5.74) is 4.27. The van der Waals surface area contributed by atoms with Crippen molar-refractivity contribution in [2.75, 3.05) is 31.1 Å². The summed E-state index contributed by atoms with van der Waals surface area (Å²) in [6.07, 6.45) is 1.13. The Morgan fingerprint density at radius 1 is 0.857 bits per heavy atom. The fourth-order valence-electron chi connectivity index (χ4n) is 3.08. The molecular formula is C19H25N2+. The minimum atomic E-state index is 1.13. The molecule has 0 aliphatic carbocycles. The number of rotatable bonds is 4. The topological polar surface area (TPSA) is 7.68 Å². The Balaban J connectivity index is 1.53. The molecular weight excluding hydrogens is 256 g/mol. The van der Waals surface area contributed by atoms with Crippen LogP contribution in [0.3, 0.4) is 0 Å². The van der Waals surface area contributed by atoms with Gasteiger partial charge in [0, 0.05) is 11.3 Å². The molecule has 0 saturated carbocycles. The molecule has 0 spiro atoms. The van der Waals surface area contributed by atoms with Crippen molar-refractivity contribution in [1.82, 2.24) is 0 Å². The quantitative estimate of drug-likeness (QED) is 0.902. The number of aryl methyl sites for hydroxylation is 1. The molecule has 0 atom stereocenters. The van der Waals surface area contributed by atoms with Crippen molar-refractivity contribution in [3.05, 3.63) is 65.7 Å². The Labute approximate surface area is 128 Å². The van der Waals surface area contributed by atoms with Crippen LogP contribution in [-0.4, -0.2) is 26.2 Å². The molecule has 21 heavy (non-hydrogen) atoms. The summed E-state index contributed by atoms with van der Waals surface area (Å²) in [7, 11) is 0. The van der Waals surface area contributed by atoms with E-state index in [4.69, 9.17) is 0 Å². The van der Waals surface area contributed by atoms with Crippen LogP contribution in [0.2, 0.25) is 0 Å². The maximum atomic E-state index is 2.50. The molecule has 1 heterocycles. The van der Waals surface area contributed by atoms with Crippen LogP contribution in [0.25, 0.3) is 0 Å². The number of para-hydroxylation sites is 1. The smallest absolute Gasteiger partial charge is 0.103 e. The fraction of sp³-hybridized carbons (Fsp3) is 0.368. The lowest BCUT2D eigenvalue weighted by Gasteiger charge is -2.33. The zero-order valence-corrected chi connectivity index (χ0v) is 12.9. The predicted molar refractivity (Wildman–Crippen MR) is 88.9 cm³/mol. The molecule has 1 fully saturated rings. The molecule has 0 unspecified atom stereocenters. The summed E-state index contributed by atoms with van der Waals surface area (Å²) in [5, 5.41) is 0. The number of anilines is 1. The highest BCUT2D eigenvalue weighted by Gasteiger charge is 2.19. The minimum Gasteiger partial charge on any atom is -0.360 e. The molecule has 0 bridgehead atoms. The van der Waals surface area contributed by atoms with Crippen molar-refractivity contribution < 1.29 is 4.90 Å². The van der Waals surface area contributed by atoms with E-state index in [2.05, 4.69) is 66.4 Å². The number of quaternary nitrogens is 1. The van der Waals surface area contributed by atoms with Crippen molar-refractivity contribution in [2.24, 2.45) is 0 Å². The van der Waals surface area contributed by atoms with E-state index in [1.807, 2.05) is 0 Å². The largest absolute Gasteiger partial charge is 0.360 e. The number of nitrogens with one attached hydrogen (secondary N) is 1. The summed E-state index contributed by atoms with van der Waals surface area (Å²) in [4.78, 5) is 4.20. The third-order valence-corrected chi connectivity index (χ3v) is 4.48. The minimum absolute atomic E-state index is 1.13. The van der Waals surface area contributed by atoms with Gasteiger partial charge in [-0.3, -0.25) is 0 Å². The van der Waals surface area contributed by atoms with Crippen LogP contribution in [0.4, 0.5) is 5.69 Å². The standard InChI is InChI=1S/C19H24N2/c1-2-17-8-10-18(11-9-17)16-20-12-14-21(15-13-20)19-6-4-3-5-7-19/h3-11H,2,12-16H2,1H3/p+1. The van der Waals surface area contributed by atoms with Gasteiger partial charge in [-0.15, -0.1) is 0 Å². The number of benzene rings is 2. The highest BCUT2D eigenvalue weighted by Crippen LogP contribution is 2.12. The van der Waals surface area contributed by atoms with Gasteiger partial charge in [-0.25, -0.2) is 0 Å². The normalized spacial score (nSPS) is 16.1. The molecule has 0 radical (unpaired) electrons. The lowest BCUT2D eigenvalue weighted by Crippen LogP contribution is -3.13. The molecule has 0 amide bonds. The lowest BCUT2D eigenvalue weighted by molar-refractivity contribution is -0.914. The first kappa shape index (κ1) is 14.2. The molecule has 110 valence electrons. The van der Waals surface area contributed by atoms with Crippen molar-refractivity contribution in [3.63, 3.8) is 0 Å². The predicted octanol–water partition coefficient (Wildman–Crippen LogP) is 2.15. The van der Waals surface area contributed by atoms with Crippen molar-refractivity contribution in [3.8, 4) is 0 Å². The lowest BCUT2D eigenvalue weighted by atomic mass is 10.1. The molecule has 2 aromatic carbocycles. The van der Waals surface area contributed by atoms with Gasteiger partial charge in [0.25, 0.3) is 0 Å². The van der Waals surface area contributed by atoms with Crippen LogP contribution >= 0.6 is 0 Å². The van der Waals surface area contributed by atoms with E-state index in [0.29, 0.717) is 0 Å². The average Bonchev–Trinajstić information content (AvgIpc) is 2.57. The maximum absolute atomic E-state index is 2.50. The molecule has 1 saturated heterocycles. The van der Waals surface area contributed by atoms with Gasteiger partial charge in [0.1, 0.15) is 6.54 Å². The van der Waals surface area contributed by atoms with Crippen LogP contribution < -0.4 is 9.80 Å². The molecule has 1 aliphatic rings. The molecule has 2 aromatic rings. The van der Waals surface area contributed by atoms with E-state index in [0.717, 1.165) is 26.1 Å². The van der Waals surface area contributed by atoms with Crippen molar-refractivity contribution in [2.45, 2.75) is 19.9 Å². The highest BCUT2D eigenvalue weighted by molar-refractivity contribution is 5.46. The van der Waals surface area contributed by atoms with E-state index in [9.17, 15) is 0 Å². The SMILES string of the molecule is CCc1ccc(C[NH+]2CCN(c3ccccc3)CC2)cc1. The molecule has 1 N–H and O–H groups in total. The summed E-state index contributed by atoms with van der Waals surface area (Å²) in [5.74, 6) is 0. The zero-order chi connectivity index (χ0) is 14.5. The number of hydrogen-bond donors (Lipinski definition) is 1. The number of nitrogens with zero attached hydrogens (tertiary/aromatic N) is 1. The summed E-state index contributed by atoms with van der Waals surface area (Å²) >= 11 is 0. The molecule has 2 heteroatoms. The molecule has 2 nitrogen and oxygen atoms in total. The van der Waals surface area contributed by atoms with Gasteiger partial charge in [-0.2, -0.15) is 0 Å². The fourth-order valence-corrected chi connectivity index (χ4v) is 3.08. The van der Waals surface area contributed by atoms with E-state index in [1.165, 1.54) is 29.9 Å². The maximum Gasteiger partial charge on any atom is 0.103 e. The second kappa shape index (κ2) is 6.77. The van der Waals surface area contributed by atoms with Crippen molar-refractivity contribution >= 4 is 5.69 Å². The molecule has 1 aliphatic heterocycles. The number of piperazine rings is 1. The van der Waals surface area contributed by atoms with E-state index in [-0.39, 0.29) is 0 Å². The zero-order valence-electron chi connectivity index (χ0n) is 12.9. The average molecular weight is 281 g/mol.